The molecule has 0 bridgehead atoms. The van der Waals surface area contributed by atoms with Crippen molar-refractivity contribution in [3.63, 3.8) is 0 Å². The first-order valence-corrected chi connectivity index (χ1v) is 13.1. The summed E-state index contributed by atoms with van der Waals surface area (Å²) in [6, 6.07) is 23.8. The Morgan fingerprint density at radius 2 is 1.55 bits per heavy atom. The van der Waals surface area contributed by atoms with Crippen LogP contribution >= 0.6 is 0 Å². The number of hydrogen-bond donors (Lipinski definition) is 2. The Morgan fingerprint density at radius 1 is 0.947 bits per heavy atom. The molecule has 1 aliphatic heterocycles. The molecule has 4 rings (SSSR count). The third-order valence-corrected chi connectivity index (χ3v) is 7.64. The molecule has 3 aromatic carbocycles. The highest BCUT2D eigenvalue weighted by Gasteiger charge is 2.41. The molecule has 0 radical (unpaired) electrons. The minimum Gasteiger partial charge on any atom is -0.497 e. The van der Waals surface area contributed by atoms with Gasteiger partial charge in [-0.25, -0.2) is 0 Å². The van der Waals surface area contributed by atoms with Crippen LogP contribution < -0.4 is 15.4 Å². The number of benzene rings is 3. The van der Waals surface area contributed by atoms with E-state index in [-0.39, 0.29) is 11.8 Å². The molecule has 1 heterocycles. The van der Waals surface area contributed by atoms with Crippen LogP contribution in [0.25, 0.3) is 0 Å². The van der Waals surface area contributed by atoms with Crippen molar-refractivity contribution in [2.75, 3.05) is 20.2 Å². The second kappa shape index (κ2) is 12.0. The van der Waals surface area contributed by atoms with Crippen LogP contribution in [0.15, 0.2) is 85.2 Å². The highest BCUT2D eigenvalue weighted by molar-refractivity contribution is 5.97. The van der Waals surface area contributed by atoms with E-state index in [2.05, 4.69) is 34.2 Å². The van der Waals surface area contributed by atoms with Gasteiger partial charge < -0.3 is 20.3 Å². The maximum Gasteiger partial charge on any atom is 0.257 e. The van der Waals surface area contributed by atoms with Crippen LogP contribution in [-0.2, 0) is 17.8 Å². The van der Waals surface area contributed by atoms with E-state index in [9.17, 15) is 9.59 Å². The van der Waals surface area contributed by atoms with E-state index in [0.29, 0.717) is 56.0 Å². The molecule has 198 valence electrons. The van der Waals surface area contributed by atoms with Gasteiger partial charge >= 0.3 is 0 Å². The molecule has 38 heavy (non-hydrogen) atoms. The fourth-order valence-corrected chi connectivity index (χ4v) is 5.10. The average molecular weight is 512 g/mol. The van der Waals surface area contributed by atoms with Crippen molar-refractivity contribution in [2.24, 2.45) is 5.41 Å². The number of nitrogens with zero attached hydrogens (tertiary/aromatic N) is 1. The number of hydrogen-bond acceptors (Lipinski definition) is 4. The average Bonchev–Trinajstić information content (AvgIpc) is 2.94. The van der Waals surface area contributed by atoms with Gasteiger partial charge in [0.25, 0.3) is 5.91 Å². The highest BCUT2D eigenvalue weighted by atomic mass is 16.5. The molecule has 0 saturated carbocycles. The summed E-state index contributed by atoms with van der Waals surface area (Å²) in [5.41, 5.74) is 4.16. The Morgan fingerprint density at radius 3 is 2.16 bits per heavy atom. The number of methoxy groups -OCH3 is 1. The van der Waals surface area contributed by atoms with Crippen molar-refractivity contribution in [1.82, 2.24) is 15.5 Å². The molecule has 0 aromatic heterocycles. The zero-order chi connectivity index (χ0) is 27.1. The van der Waals surface area contributed by atoms with Gasteiger partial charge in [-0.05, 0) is 67.5 Å². The van der Waals surface area contributed by atoms with E-state index in [1.807, 2.05) is 68.4 Å². The van der Waals surface area contributed by atoms with Crippen LogP contribution in [-0.4, -0.2) is 36.9 Å². The van der Waals surface area contributed by atoms with Gasteiger partial charge in [-0.1, -0.05) is 67.2 Å². The Bertz CT molecular complexity index is 1280. The van der Waals surface area contributed by atoms with Crippen LogP contribution in [0.2, 0.25) is 0 Å². The van der Waals surface area contributed by atoms with Crippen molar-refractivity contribution in [3.05, 3.63) is 113 Å². The lowest BCUT2D eigenvalue weighted by atomic mass is 9.73. The molecule has 0 atom stereocenters. The second-order valence-corrected chi connectivity index (χ2v) is 10.1. The van der Waals surface area contributed by atoms with Crippen LogP contribution in [0.5, 0.6) is 5.75 Å². The largest absolute Gasteiger partial charge is 0.497 e. The molecule has 0 aliphatic carbocycles. The molecule has 1 saturated heterocycles. The van der Waals surface area contributed by atoms with E-state index in [4.69, 9.17) is 4.74 Å². The monoisotopic (exact) mass is 511 g/mol. The molecule has 2 amide bonds. The second-order valence-electron chi connectivity index (χ2n) is 10.1. The summed E-state index contributed by atoms with van der Waals surface area (Å²) in [6.45, 7) is 9.80. The number of carbonyl (C=O) groups is 2. The molecule has 2 N–H and O–H groups in total. The van der Waals surface area contributed by atoms with Gasteiger partial charge in [0.2, 0.25) is 5.91 Å². The lowest BCUT2D eigenvalue weighted by Crippen LogP contribution is -2.51. The van der Waals surface area contributed by atoms with Crippen LogP contribution in [0.4, 0.5) is 0 Å². The number of carbonyl (C=O) groups excluding carboxylic acids is 2. The van der Waals surface area contributed by atoms with Crippen molar-refractivity contribution >= 4 is 11.8 Å². The summed E-state index contributed by atoms with van der Waals surface area (Å²) in [5, 5.41) is 6.16. The first kappa shape index (κ1) is 27.0. The van der Waals surface area contributed by atoms with Gasteiger partial charge in [0.05, 0.1) is 12.5 Å². The molecule has 6 nitrogen and oxygen atoms in total. The number of aryl methyl sites for hydroxylation is 1. The standard InChI is InChI=1S/C32H37N3O3/c1-23-19-28(38-4)20-29(24(23)2)30(36)34-25(3)35-17-15-32(16-18-35,21-26-11-7-5-8-12-26)31(37)33-22-27-13-9-6-10-14-27/h5-14,19-20H,3,15-18,21-22H2,1-2,4H3,(H,33,37)(H,34,36). The van der Waals surface area contributed by atoms with E-state index in [1.54, 1.807) is 13.2 Å². The van der Waals surface area contributed by atoms with Crippen molar-refractivity contribution < 1.29 is 14.3 Å². The van der Waals surface area contributed by atoms with Crippen LogP contribution in [0.1, 0.15) is 45.5 Å². The number of ether oxygens (including phenoxy) is 1. The van der Waals surface area contributed by atoms with Gasteiger partial charge in [-0.2, -0.15) is 0 Å². The van der Waals surface area contributed by atoms with Gasteiger partial charge in [0, 0.05) is 25.2 Å². The molecule has 0 spiro atoms. The van der Waals surface area contributed by atoms with Gasteiger partial charge in [0.15, 0.2) is 0 Å². The molecule has 1 aliphatic rings. The molecular weight excluding hydrogens is 474 g/mol. The van der Waals surface area contributed by atoms with Crippen molar-refractivity contribution in [2.45, 2.75) is 39.7 Å². The number of rotatable bonds is 9. The predicted octanol–water partition coefficient (Wildman–Crippen LogP) is 5.15. The summed E-state index contributed by atoms with van der Waals surface area (Å²) < 4.78 is 5.35. The predicted molar refractivity (Wildman–Crippen MR) is 151 cm³/mol. The van der Waals surface area contributed by atoms with Crippen molar-refractivity contribution in [3.8, 4) is 5.75 Å². The maximum atomic E-state index is 13.6. The fourth-order valence-electron chi connectivity index (χ4n) is 5.10. The third-order valence-electron chi connectivity index (χ3n) is 7.64. The lowest BCUT2D eigenvalue weighted by Gasteiger charge is -2.42. The first-order chi connectivity index (χ1) is 18.3. The van der Waals surface area contributed by atoms with E-state index >= 15 is 0 Å². The molecular formula is C32H37N3O3. The number of likely N-dealkylation sites (tertiary alicyclic amines) is 1. The molecule has 0 unspecified atom stereocenters. The third kappa shape index (κ3) is 6.25. The van der Waals surface area contributed by atoms with Crippen LogP contribution in [0.3, 0.4) is 0 Å². The van der Waals surface area contributed by atoms with Crippen molar-refractivity contribution in [1.29, 1.82) is 0 Å². The van der Waals surface area contributed by atoms with Gasteiger partial charge in [0.1, 0.15) is 11.6 Å². The van der Waals surface area contributed by atoms with E-state index in [0.717, 1.165) is 22.3 Å². The maximum absolute atomic E-state index is 13.6. The summed E-state index contributed by atoms with van der Waals surface area (Å²) in [7, 11) is 1.59. The lowest BCUT2D eigenvalue weighted by molar-refractivity contribution is -0.133. The summed E-state index contributed by atoms with van der Waals surface area (Å²) >= 11 is 0. The highest BCUT2D eigenvalue weighted by Crippen LogP contribution is 2.36. The topological polar surface area (TPSA) is 70.7 Å². The quantitative estimate of drug-likeness (QED) is 0.417. The normalized spacial score (nSPS) is 14.4. The number of nitrogens with one attached hydrogen (secondary N) is 2. The number of piperidine rings is 1. The zero-order valence-corrected chi connectivity index (χ0v) is 22.5. The summed E-state index contributed by atoms with van der Waals surface area (Å²) in [4.78, 5) is 28.8. The smallest absolute Gasteiger partial charge is 0.257 e. The molecule has 3 aromatic rings. The Kier molecular flexibility index (Phi) is 8.52. The zero-order valence-electron chi connectivity index (χ0n) is 22.5. The minimum absolute atomic E-state index is 0.0713. The van der Waals surface area contributed by atoms with Gasteiger partial charge in [-0.15, -0.1) is 0 Å². The Balaban J connectivity index is 1.44. The van der Waals surface area contributed by atoms with Crippen LogP contribution in [0, 0.1) is 19.3 Å². The minimum atomic E-state index is -0.530. The fraction of sp³-hybridized carbons (Fsp3) is 0.312. The Hall–Kier alpha value is -4.06. The number of amides is 2. The summed E-state index contributed by atoms with van der Waals surface area (Å²) in [6.07, 6.45) is 1.99. The van der Waals surface area contributed by atoms with E-state index in [1.165, 1.54) is 0 Å². The molecule has 1 fully saturated rings. The van der Waals surface area contributed by atoms with Gasteiger partial charge in [-0.3, -0.25) is 9.59 Å². The first-order valence-electron chi connectivity index (χ1n) is 13.1. The van der Waals surface area contributed by atoms with E-state index < -0.39 is 5.41 Å². The SMILES string of the molecule is C=C(NC(=O)c1cc(OC)cc(C)c1C)N1CCC(Cc2ccccc2)(C(=O)NCc2ccccc2)CC1. The summed E-state index contributed by atoms with van der Waals surface area (Å²) in [5.74, 6) is 1.06. The molecule has 6 heteroatoms. The Labute approximate surface area is 225 Å².